The van der Waals surface area contributed by atoms with Crippen LogP contribution in [0.4, 0.5) is 8.78 Å². The molecule has 0 spiro atoms. The van der Waals surface area contributed by atoms with Gasteiger partial charge in [0.25, 0.3) is 12.3 Å². The van der Waals surface area contributed by atoms with Crippen molar-refractivity contribution in [2.75, 3.05) is 6.54 Å². The number of halogens is 3. The number of aromatic nitrogens is 1. The fraction of sp³-hybridized carbons (Fsp3) is 0.400. The first kappa shape index (κ1) is 13.8. The topological polar surface area (TPSA) is 62.2 Å². The SMILES string of the molecule is CC(O)CNC(=O)c1ccnc(Cl)c1C(F)F. The first-order valence-corrected chi connectivity index (χ1v) is 5.20. The van der Waals surface area contributed by atoms with Gasteiger partial charge in [0.2, 0.25) is 0 Å². The maximum Gasteiger partial charge on any atom is 0.267 e. The highest BCUT2D eigenvalue weighted by molar-refractivity contribution is 6.30. The number of carbonyl (C=O) groups is 1. The Hall–Kier alpha value is -1.27. The van der Waals surface area contributed by atoms with Crippen molar-refractivity contribution in [3.8, 4) is 0 Å². The Bertz CT molecular complexity index is 413. The van der Waals surface area contributed by atoms with Gasteiger partial charge in [-0.15, -0.1) is 0 Å². The standard InChI is InChI=1S/C10H11ClF2N2O2/c1-5(16)4-15-10(17)6-2-3-14-8(11)7(6)9(12)13/h2-3,5,9,16H,4H2,1H3,(H,15,17). The van der Waals surface area contributed by atoms with Crippen LogP contribution in [-0.4, -0.2) is 28.6 Å². The van der Waals surface area contributed by atoms with Crippen LogP contribution in [0.2, 0.25) is 5.15 Å². The maximum absolute atomic E-state index is 12.7. The Morgan fingerprint density at radius 3 is 2.82 bits per heavy atom. The molecule has 1 heterocycles. The highest BCUT2D eigenvalue weighted by Gasteiger charge is 2.22. The molecule has 0 aliphatic rings. The van der Waals surface area contributed by atoms with Crippen molar-refractivity contribution in [2.24, 2.45) is 0 Å². The largest absolute Gasteiger partial charge is 0.392 e. The lowest BCUT2D eigenvalue weighted by atomic mass is 10.1. The zero-order valence-electron chi connectivity index (χ0n) is 8.95. The van der Waals surface area contributed by atoms with Crippen molar-refractivity contribution in [3.63, 3.8) is 0 Å². The van der Waals surface area contributed by atoms with Crippen LogP contribution in [0.15, 0.2) is 12.3 Å². The predicted molar refractivity (Wildman–Crippen MR) is 58.2 cm³/mol. The van der Waals surface area contributed by atoms with Crippen LogP contribution in [0.25, 0.3) is 0 Å². The van der Waals surface area contributed by atoms with Gasteiger partial charge in [0.15, 0.2) is 0 Å². The van der Waals surface area contributed by atoms with Crippen LogP contribution < -0.4 is 5.32 Å². The Labute approximate surface area is 102 Å². The van der Waals surface area contributed by atoms with Gasteiger partial charge in [-0.2, -0.15) is 0 Å². The minimum Gasteiger partial charge on any atom is -0.392 e. The predicted octanol–water partition coefficient (Wildman–Crippen LogP) is 1.78. The molecule has 1 amide bonds. The summed E-state index contributed by atoms with van der Waals surface area (Å²) in [5.41, 5.74) is -0.835. The molecule has 0 saturated carbocycles. The van der Waals surface area contributed by atoms with Gasteiger partial charge >= 0.3 is 0 Å². The van der Waals surface area contributed by atoms with E-state index in [0.29, 0.717) is 0 Å². The number of aliphatic hydroxyl groups excluding tert-OH is 1. The summed E-state index contributed by atoms with van der Waals surface area (Å²) in [6.45, 7) is 1.44. The number of nitrogens with zero attached hydrogens (tertiary/aromatic N) is 1. The number of nitrogens with one attached hydrogen (secondary N) is 1. The Kier molecular flexibility index (Phi) is 4.77. The van der Waals surface area contributed by atoms with Gasteiger partial charge in [0.1, 0.15) is 5.15 Å². The molecule has 0 aliphatic carbocycles. The zero-order valence-corrected chi connectivity index (χ0v) is 9.71. The fourth-order valence-electron chi connectivity index (χ4n) is 1.19. The second kappa shape index (κ2) is 5.88. The minimum atomic E-state index is -2.89. The molecule has 0 aliphatic heterocycles. The molecule has 0 fully saturated rings. The van der Waals surface area contributed by atoms with Crippen LogP contribution in [0.1, 0.15) is 29.3 Å². The normalized spacial score (nSPS) is 12.6. The lowest BCUT2D eigenvalue weighted by Crippen LogP contribution is -2.31. The summed E-state index contributed by atoms with van der Waals surface area (Å²) in [6.07, 6.45) is -2.47. The lowest BCUT2D eigenvalue weighted by Gasteiger charge is -2.11. The number of amides is 1. The van der Waals surface area contributed by atoms with E-state index < -0.39 is 29.2 Å². The zero-order chi connectivity index (χ0) is 13.0. The summed E-state index contributed by atoms with van der Waals surface area (Å²) < 4.78 is 25.4. The second-order valence-corrected chi connectivity index (χ2v) is 3.78. The number of alkyl halides is 2. The molecule has 17 heavy (non-hydrogen) atoms. The van der Waals surface area contributed by atoms with Crippen molar-refractivity contribution in [1.29, 1.82) is 0 Å². The average Bonchev–Trinajstić information content (AvgIpc) is 2.24. The van der Waals surface area contributed by atoms with E-state index in [1.165, 1.54) is 13.1 Å². The van der Waals surface area contributed by atoms with E-state index in [0.717, 1.165) is 6.07 Å². The fourth-order valence-corrected chi connectivity index (χ4v) is 1.43. The van der Waals surface area contributed by atoms with Crippen molar-refractivity contribution in [2.45, 2.75) is 19.5 Å². The summed E-state index contributed by atoms with van der Waals surface area (Å²) in [5.74, 6) is -0.717. The van der Waals surface area contributed by atoms with Crippen LogP contribution in [0.3, 0.4) is 0 Å². The quantitative estimate of drug-likeness (QED) is 0.815. The molecule has 1 unspecified atom stereocenters. The van der Waals surface area contributed by atoms with E-state index in [9.17, 15) is 13.6 Å². The smallest absolute Gasteiger partial charge is 0.267 e. The first-order chi connectivity index (χ1) is 7.93. The summed E-state index contributed by atoms with van der Waals surface area (Å²) >= 11 is 5.51. The molecule has 0 saturated heterocycles. The van der Waals surface area contributed by atoms with Crippen LogP contribution >= 0.6 is 11.6 Å². The highest BCUT2D eigenvalue weighted by atomic mass is 35.5. The van der Waals surface area contributed by atoms with Gasteiger partial charge in [0, 0.05) is 12.7 Å². The number of pyridine rings is 1. The average molecular weight is 265 g/mol. The van der Waals surface area contributed by atoms with E-state index in [1.54, 1.807) is 0 Å². The summed E-state index contributed by atoms with van der Waals surface area (Å²) in [5, 5.41) is 10.9. The Balaban J connectivity index is 2.97. The molecule has 0 radical (unpaired) electrons. The van der Waals surface area contributed by atoms with Crippen molar-refractivity contribution < 1.29 is 18.7 Å². The number of rotatable bonds is 4. The third-order valence-corrected chi connectivity index (χ3v) is 2.26. The van der Waals surface area contributed by atoms with E-state index in [1.807, 2.05) is 0 Å². The molecule has 1 atom stereocenters. The summed E-state index contributed by atoms with van der Waals surface area (Å²) in [6, 6.07) is 1.16. The molecule has 1 aromatic rings. The molecule has 4 nitrogen and oxygen atoms in total. The number of hydrogen-bond donors (Lipinski definition) is 2. The van der Waals surface area contributed by atoms with Crippen LogP contribution in [-0.2, 0) is 0 Å². The van der Waals surface area contributed by atoms with E-state index >= 15 is 0 Å². The molecule has 1 rings (SSSR count). The van der Waals surface area contributed by atoms with Gasteiger partial charge in [-0.05, 0) is 13.0 Å². The highest BCUT2D eigenvalue weighted by Crippen LogP contribution is 2.28. The maximum atomic E-state index is 12.7. The van der Waals surface area contributed by atoms with Gasteiger partial charge in [0.05, 0.1) is 17.2 Å². The lowest BCUT2D eigenvalue weighted by molar-refractivity contribution is 0.0911. The van der Waals surface area contributed by atoms with Gasteiger partial charge in [-0.3, -0.25) is 4.79 Å². The van der Waals surface area contributed by atoms with E-state index in [4.69, 9.17) is 16.7 Å². The number of aliphatic hydroxyl groups is 1. The molecule has 2 N–H and O–H groups in total. The third-order valence-electron chi connectivity index (χ3n) is 1.96. The molecule has 0 bridgehead atoms. The first-order valence-electron chi connectivity index (χ1n) is 4.82. The monoisotopic (exact) mass is 264 g/mol. The Morgan fingerprint density at radius 2 is 2.29 bits per heavy atom. The number of hydrogen-bond acceptors (Lipinski definition) is 3. The molecule has 7 heteroatoms. The number of carbonyl (C=O) groups excluding carboxylic acids is 1. The molecular formula is C10H11ClF2N2O2. The van der Waals surface area contributed by atoms with Crippen molar-refractivity contribution >= 4 is 17.5 Å². The van der Waals surface area contributed by atoms with Crippen molar-refractivity contribution in [3.05, 3.63) is 28.5 Å². The second-order valence-electron chi connectivity index (χ2n) is 3.42. The van der Waals surface area contributed by atoms with Gasteiger partial charge in [-0.1, -0.05) is 11.6 Å². The molecule has 0 aromatic carbocycles. The van der Waals surface area contributed by atoms with Crippen LogP contribution in [0.5, 0.6) is 0 Å². The van der Waals surface area contributed by atoms with E-state index in [-0.39, 0.29) is 12.1 Å². The van der Waals surface area contributed by atoms with Gasteiger partial charge in [-0.25, -0.2) is 13.8 Å². The molecular weight excluding hydrogens is 254 g/mol. The van der Waals surface area contributed by atoms with Gasteiger partial charge < -0.3 is 10.4 Å². The minimum absolute atomic E-state index is 0.0263. The summed E-state index contributed by atoms with van der Waals surface area (Å²) in [4.78, 5) is 15.1. The van der Waals surface area contributed by atoms with E-state index in [2.05, 4.69) is 10.3 Å². The molecule has 1 aromatic heterocycles. The van der Waals surface area contributed by atoms with Crippen molar-refractivity contribution in [1.82, 2.24) is 10.3 Å². The summed E-state index contributed by atoms with van der Waals surface area (Å²) in [7, 11) is 0. The van der Waals surface area contributed by atoms with Crippen LogP contribution in [0, 0.1) is 0 Å². The Morgan fingerprint density at radius 1 is 1.65 bits per heavy atom. The third kappa shape index (κ3) is 3.61. The molecule has 94 valence electrons.